The van der Waals surface area contributed by atoms with E-state index in [-0.39, 0.29) is 11.9 Å². The summed E-state index contributed by atoms with van der Waals surface area (Å²) in [5.41, 5.74) is 3.74. The van der Waals surface area contributed by atoms with Crippen molar-refractivity contribution < 1.29 is 19.0 Å². The molecular formula is C29H34N2O4. The topological polar surface area (TPSA) is 51.2 Å². The number of methoxy groups -OCH3 is 3. The van der Waals surface area contributed by atoms with Gasteiger partial charge in [-0.1, -0.05) is 24.3 Å². The van der Waals surface area contributed by atoms with Crippen LogP contribution in [0.25, 0.3) is 0 Å². The normalized spacial score (nSPS) is 14.4. The van der Waals surface area contributed by atoms with E-state index in [1.165, 1.54) is 0 Å². The first-order chi connectivity index (χ1) is 17.0. The maximum atomic E-state index is 13.9. The average Bonchev–Trinajstić information content (AvgIpc) is 2.89. The van der Waals surface area contributed by atoms with Crippen LogP contribution in [0.4, 0.5) is 5.69 Å². The maximum absolute atomic E-state index is 13.9. The predicted octanol–water partition coefficient (Wildman–Crippen LogP) is 5.33. The van der Waals surface area contributed by atoms with E-state index in [1.807, 2.05) is 59.5 Å². The Kier molecular flexibility index (Phi) is 7.93. The number of anilines is 1. The molecule has 0 unspecified atom stereocenters. The summed E-state index contributed by atoms with van der Waals surface area (Å²) >= 11 is 0. The van der Waals surface area contributed by atoms with Gasteiger partial charge in [0.2, 0.25) is 0 Å². The first kappa shape index (κ1) is 24.6. The van der Waals surface area contributed by atoms with Crippen LogP contribution < -0.4 is 19.1 Å². The lowest BCUT2D eigenvalue weighted by Gasteiger charge is -2.39. The van der Waals surface area contributed by atoms with Crippen LogP contribution in [0, 0.1) is 6.92 Å². The molecule has 0 aromatic heterocycles. The molecule has 0 saturated carbocycles. The molecule has 0 atom stereocenters. The van der Waals surface area contributed by atoms with Gasteiger partial charge in [0, 0.05) is 36.9 Å². The van der Waals surface area contributed by atoms with E-state index in [0.29, 0.717) is 11.3 Å². The fourth-order valence-corrected chi connectivity index (χ4v) is 4.80. The van der Waals surface area contributed by atoms with E-state index < -0.39 is 0 Å². The standard InChI is InChI=1S/C29H34N2O4/c1-21-8-7-9-24(18-21)31(29(32)26-10-5-6-11-28(26)35-4)23-14-16-30(17-15-23)20-22-19-25(33-2)12-13-27(22)34-3/h5-13,18-19,23H,14-17,20H2,1-4H3. The molecule has 1 aliphatic rings. The van der Waals surface area contributed by atoms with Crippen LogP contribution >= 0.6 is 0 Å². The number of hydrogen-bond donors (Lipinski definition) is 0. The molecule has 1 aliphatic heterocycles. The maximum Gasteiger partial charge on any atom is 0.262 e. The summed E-state index contributed by atoms with van der Waals surface area (Å²) in [7, 11) is 4.98. The first-order valence-corrected chi connectivity index (χ1v) is 12.0. The summed E-state index contributed by atoms with van der Waals surface area (Å²) in [5.74, 6) is 2.25. The lowest BCUT2D eigenvalue weighted by atomic mass is 9.99. The van der Waals surface area contributed by atoms with Crippen molar-refractivity contribution in [3.63, 3.8) is 0 Å². The SMILES string of the molecule is COc1ccc(OC)c(CN2CCC(N(C(=O)c3ccccc3OC)c3cccc(C)c3)CC2)c1. The summed E-state index contributed by atoms with van der Waals surface area (Å²) in [5, 5.41) is 0. The van der Waals surface area contributed by atoms with E-state index >= 15 is 0 Å². The monoisotopic (exact) mass is 474 g/mol. The zero-order valence-corrected chi connectivity index (χ0v) is 21.0. The van der Waals surface area contributed by atoms with Gasteiger partial charge in [0.15, 0.2) is 0 Å². The molecule has 35 heavy (non-hydrogen) atoms. The molecular weight excluding hydrogens is 440 g/mol. The Morgan fingerprint density at radius 2 is 1.63 bits per heavy atom. The third-order valence-corrected chi connectivity index (χ3v) is 6.64. The fraction of sp³-hybridized carbons (Fsp3) is 0.345. The molecule has 1 fully saturated rings. The predicted molar refractivity (Wildman–Crippen MR) is 139 cm³/mol. The molecule has 6 nitrogen and oxygen atoms in total. The van der Waals surface area contributed by atoms with E-state index in [2.05, 4.69) is 24.0 Å². The average molecular weight is 475 g/mol. The van der Waals surface area contributed by atoms with E-state index in [9.17, 15) is 4.79 Å². The number of carbonyl (C=O) groups is 1. The molecule has 3 aromatic rings. The summed E-state index contributed by atoms with van der Waals surface area (Å²) in [6.07, 6.45) is 1.75. The number of rotatable bonds is 8. The molecule has 0 radical (unpaired) electrons. The van der Waals surface area contributed by atoms with E-state index in [1.54, 1.807) is 21.3 Å². The van der Waals surface area contributed by atoms with Gasteiger partial charge >= 0.3 is 0 Å². The molecule has 0 N–H and O–H groups in total. The number of benzene rings is 3. The Hall–Kier alpha value is -3.51. The largest absolute Gasteiger partial charge is 0.497 e. The second-order valence-electron chi connectivity index (χ2n) is 8.90. The van der Waals surface area contributed by atoms with Gasteiger partial charge in [-0.3, -0.25) is 9.69 Å². The smallest absolute Gasteiger partial charge is 0.262 e. The molecule has 0 spiro atoms. The molecule has 184 valence electrons. The van der Waals surface area contributed by atoms with Crippen LogP contribution in [-0.4, -0.2) is 51.3 Å². The lowest BCUT2D eigenvalue weighted by Crippen LogP contribution is -2.47. The number of piperidine rings is 1. The number of carbonyl (C=O) groups excluding carboxylic acids is 1. The van der Waals surface area contributed by atoms with Crippen LogP contribution in [0.5, 0.6) is 17.2 Å². The highest BCUT2D eigenvalue weighted by molar-refractivity contribution is 6.08. The van der Waals surface area contributed by atoms with Gasteiger partial charge in [-0.2, -0.15) is 0 Å². The van der Waals surface area contributed by atoms with Gasteiger partial charge in [-0.15, -0.1) is 0 Å². The van der Waals surface area contributed by atoms with Crippen molar-refractivity contribution in [1.29, 1.82) is 0 Å². The van der Waals surface area contributed by atoms with Crippen molar-refractivity contribution >= 4 is 11.6 Å². The minimum atomic E-state index is -0.0269. The number of ether oxygens (including phenoxy) is 3. The summed E-state index contributed by atoms with van der Waals surface area (Å²) < 4.78 is 16.5. The van der Waals surface area contributed by atoms with E-state index in [0.717, 1.165) is 60.8 Å². The number of hydrogen-bond acceptors (Lipinski definition) is 5. The number of nitrogens with zero attached hydrogens (tertiary/aromatic N) is 2. The van der Waals surface area contributed by atoms with Gasteiger partial charge in [0.05, 0.1) is 26.9 Å². The zero-order chi connectivity index (χ0) is 24.8. The van der Waals surface area contributed by atoms with Crippen LogP contribution in [0.2, 0.25) is 0 Å². The van der Waals surface area contributed by atoms with Crippen molar-refractivity contribution in [1.82, 2.24) is 4.90 Å². The molecule has 4 rings (SSSR count). The third-order valence-electron chi connectivity index (χ3n) is 6.64. The molecule has 3 aromatic carbocycles. The van der Waals surface area contributed by atoms with Crippen LogP contribution in [-0.2, 0) is 6.54 Å². The number of amides is 1. The van der Waals surface area contributed by atoms with Gasteiger partial charge < -0.3 is 19.1 Å². The second kappa shape index (κ2) is 11.3. The second-order valence-corrected chi connectivity index (χ2v) is 8.90. The lowest BCUT2D eigenvalue weighted by molar-refractivity contribution is 0.0955. The molecule has 6 heteroatoms. The fourth-order valence-electron chi connectivity index (χ4n) is 4.80. The van der Waals surface area contributed by atoms with Gasteiger partial charge in [-0.05, 0) is 67.8 Å². The Morgan fingerprint density at radius 1 is 0.886 bits per heavy atom. The first-order valence-electron chi connectivity index (χ1n) is 12.0. The molecule has 0 aliphatic carbocycles. The van der Waals surface area contributed by atoms with Crippen LogP contribution in [0.1, 0.15) is 34.3 Å². The van der Waals surface area contributed by atoms with Crippen molar-refractivity contribution in [2.24, 2.45) is 0 Å². The highest BCUT2D eigenvalue weighted by atomic mass is 16.5. The Labute approximate surface area is 208 Å². The summed E-state index contributed by atoms with van der Waals surface area (Å²) in [4.78, 5) is 18.2. The van der Waals surface area contributed by atoms with E-state index in [4.69, 9.17) is 14.2 Å². The highest BCUT2D eigenvalue weighted by Crippen LogP contribution is 2.31. The molecule has 1 saturated heterocycles. The minimum absolute atomic E-state index is 0.0269. The number of aryl methyl sites for hydroxylation is 1. The van der Waals surface area contributed by atoms with Crippen molar-refractivity contribution in [3.8, 4) is 17.2 Å². The Balaban J connectivity index is 1.55. The Bertz CT molecular complexity index is 1150. The van der Waals surface area contributed by atoms with Gasteiger partial charge in [-0.25, -0.2) is 0 Å². The molecule has 0 bridgehead atoms. The third kappa shape index (κ3) is 5.60. The van der Waals surface area contributed by atoms with Crippen LogP contribution in [0.15, 0.2) is 66.7 Å². The highest BCUT2D eigenvalue weighted by Gasteiger charge is 2.31. The quantitative estimate of drug-likeness (QED) is 0.442. The number of likely N-dealkylation sites (tertiary alicyclic amines) is 1. The summed E-state index contributed by atoms with van der Waals surface area (Å²) in [6, 6.07) is 21.6. The van der Waals surface area contributed by atoms with Crippen LogP contribution in [0.3, 0.4) is 0 Å². The van der Waals surface area contributed by atoms with Crippen molar-refractivity contribution in [2.45, 2.75) is 32.4 Å². The molecule has 1 heterocycles. The summed E-state index contributed by atoms with van der Waals surface area (Å²) in [6.45, 7) is 4.59. The number of para-hydroxylation sites is 1. The zero-order valence-electron chi connectivity index (χ0n) is 21.0. The molecule has 1 amide bonds. The van der Waals surface area contributed by atoms with Crippen molar-refractivity contribution in [3.05, 3.63) is 83.4 Å². The van der Waals surface area contributed by atoms with Gasteiger partial charge in [0.25, 0.3) is 5.91 Å². The van der Waals surface area contributed by atoms with Gasteiger partial charge in [0.1, 0.15) is 17.2 Å². The Morgan fingerprint density at radius 3 is 2.31 bits per heavy atom. The minimum Gasteiger partial charge on any atom is -0.497 e. The van der Waals surface area contributed by atoms with Crippen molar-refractivity contribution in [2.75, 3.05) is 39.3 Å².